The monoisotopic (exact) mass is 226 g/mol. The third-order valence-electron chi connectivity index (χ3n) is 1.09. The molecule has 1 heterocycles. The molecule has 0 radical (unpaired) electrons. The van der Waals surface area contributed by atoms with Crippen LogP contribution in [0.15, 0.2) is 0 Å². The van der Waals surface area contributed by atoms with Crippen molar-refractivity contribution < 1.29 is 4.39 Å². The number of thioether (sulfide) groups is 1. The molecule has 0 unspecified atom stereocenters. The highest BCUT2D eigenvalue weighted by Crippen LogP contribution is 2.19. The van der Waals surface area contributed by atoms with E-state index in [2.05, 4.69) is 9.97 Å². The Labute approximate surface area is 83.5 Å². The number of nitrogens with zero attached hydrogens (tertiary/aromatic N) is 2. The molecule has 1 aromatic heterocycles. The highest BCUT2D eigenvalue weighted by Gasteiger charge is 2.09. The number of halogens is 3. The zero-order valence-corrected chi connectivity index (χ0v) is 8.47. The third kappa shape index (κ3) is 2.21. The van der Waals surface area contributed by atoms with Gasteiger partial charge in [-0.1, -0.05) is 23.2 Å². The summed E-state index contributed by atoms with van der Waals surface area (Å²) in [4.78, 5) is 7.39. The molecule has 0 spiro atoms. The average Bonchev–Trinajstić information content (AvgIpc) is 2.01. The van der Waals surface area contributed by atoms with Crippen LogP contribution in [0, 0.1) is 5.82 Å². The average molecular weight is 227 g/mol. The largest absolute Gasteiger partial charge is 0.217 e. The summed E-state index contributed by atoms with van der Waals surface area (Å²) >= 11 is 12.4. The lowest BCUT2D eigenvalue weighted by Crippen LogP contribution is -1.96. The minimum Gasteiger partial charge on any atom is -0.217 e. The van der Waals surface area contributed by atoms with Gasteiger partial charge >= 0.3 is 0 Å². The lowest BCUT2D eigenvalue weighted by atomic mass is 10.6. The Morgan fingerprint density at radius 3 is 2.25 bits per heavy atom. The maximum absolute atomic E-state index is 12.8. The van der Waals surface area contributed by atoms with E-state index in [0.29, 0.717) is 11.6 Å². The number of hydrogen-bond acceptors (Lipinski definition) is 3. The minimum atomic E-state index is -0.761. The topological polar surface area (TPSA) is 25.8 Å². The van der Waals surface area contributed by atoms with Crippen LogP contribution in [0.3, 0.4) is 0 Å². The molecule has 0 atom stereocenters. The van der Waals surface area contributed by atoms with Crippen molar-refractivity contribution in [2.24, 2.45) is 0 Å². The van der Waals surface area contributed by atoms with Crippen LogP contribution in [0.25, 0.3) is 0 Å². The molecule has 0 aliphatic carbocycles. The number of rotatable bonds is 2. The van der Waals surface area contributed by atoms with Crippen molar-refractivity contribution in [1.82, 2.24) is 9.97 Å². The van der Waals surface area contributed by atoms with Gasteiger partial charge < -0.3 is 0 Å². The molecular formula is C6H5Cl2FN2S. The molecule has 66 valence electrons. The summed E-state index contributed by atoms with van der Waals surface area (Å²) in [5, 5.41) is -0.446. The summed E-state index contributed by atoms with van der Waals surface area (Å²) < 4.78 is 12.8. The van der Waals surface area contributed by atoms with Gasteiger partial charge in [-0.2, -0.15) is 11.8 Å². The van der Waals surface area contributed by atoms with E-state index in [4.69, 9.17) is 23.2 Å². The second-order valence-corrected chi connectivity index (χ2v) is 3.55. The highest BCUT2D eigenvalue weighted by molar-refractivity contribution is 7.97. The van der Waals surface area contributed by atoms with Gasteiger partial charge in [0.05, 0.1) is 5.75 Å². The SMILES string of the molecule is CSCc1nc(Cl)c(F)c(Cl)n1. The quantitative estimate of drug-likeness (QED) is 0.726. The van der Waals surface area contributed by atoms with Gasteiger partial charge in [0.15, 0.2) is 16.1 Å². The van der Waals surface area contributed by atoms with Crippen molar-refractivity contribution in [1.29, 1.82) is 0 Å². The molecule has 0 aliphatic rings. The Bertz CT molecular complexity index is 272. The van der Waals surface area contributed by atoms with E-state index in [-0.39, 0.29) is 10.3 Å². The molecule has 0 aromatic carbocycles. The van der Waals surface area contributed by atoms with Crippen molar-refractivity contribution in [3.63, 3.8) is 0 Å². The summed E-state index contributed by atoms with van der Waals surface area (Å²) in [7, 11) is 0. The molecule has 1 rings (SSSR count). The molecule has 0 aliphatic heterocycles. The van der Waals surface area contributed by atoms with E-state index in [9.17, 15) is 4.39 Å². The van der Waals surface area contributed by atoms with Gasteiger partial charge in [0.1, 0.15) is 5.82 Å². The molecule has 0 fully saturated rings. The Balaban J connectivity index is 3.04. The molecule has 0 bridgehead atoms. The molecule has 6 heteroatoms. The van der Waals surface area contributed by atoms with Gasteiger partial charge in [0, 0.05) is 0 Å². The van der Waals surface area contributed by atoms with Crippen LogP contribution in [-0.2, 0) is 5.75 Å². The summed E-state index contributed by atoms with van der Waals surface area (Å²) in [6, 6.07) is 0. The van der Waals surface area contributed by atoms with Crippen molar-refractivity contribution in [2.75, 3.05) is 6.26 Å². The lowest BCUT2D eigenvalue weighted by molar-refractivity contribution is 0.612. The van der Waals surface area contributed by atoms with E-state index in [1.54, 1.807) is 0 Å². The Kier molecular flexibility index (Phi) is 3.55. The first-order valence-electron chi connectivity index (χ1n) is 3.01. The molecule has 0 saturated heterocycles. The van der Waals surface area contributed by atoms with Crippen LogP contribution >= 0.6 is 35.0 Å². The Hall–Kier alpha value is -0.0600. The lowest BCUT2D eigenvalue weighted by Gasteiger charge is -1.99. The van der Waals surface area contributed by atoms with Gasteiger partial charge in [-0.25, -0.2) is 14.4 Å². The van der Waals surface area contributed by atoms with Crippen molar-refractivity contribution >= 4 is 35.0 Å². The van der Waals surface area contributed by atoms with Crippen molar-refractivity contribution in [3.8, 4) is 0 Å². The smallest absolute Gasteiger partial charge is 0.197 e. The first kappa shape index (κ1) is 10.0. The molecule has 0 N–H and O–H groups in total. The van der Waals surface area contributed by atoms with E-state index in [0.717, 1.165) is 0 Å². The normalized spacial score (nSPS) is 10.3. The van der Waals surface area contributed by atoms with Gasteiger partial charge in [0.25, 0.3) is 0 Å². The zero-order chi connectivity index (χ0) is 9.14. The molecule has 1 aromatic rings. The van der Waals surface area contributed by atoms with Crippen LogP contribution in [0.4, 0.5) is 4.39 Å². The van der Waals surface area contributed by atoms with E-state index >= 15 is 0 Å². The standard InChI is InChI=1S/C6H5Cl2FN2S/c1-12-2-3-10-5(7)4(9)6(8)11-3/h2H2,1H3. The van der Waals surface area contributed by atoms with E-state index in [1.165, 1.54) is 11.8 Å². The second kappa shape index (κ2) is 4.25. The molecular weight excluding hydrogens is 222 g/mol. The van der Waals surface area contributed by atoms with Crippen molar-refractivity contribution in [3.05, 3.63) is 21.9 Å². The maximum atomic E-state index is 12.8. The summed E-state index contributed by atoms with van der Waals surface area (Å²) in [5.41, 5.74) is 0. The van der Waals surface area contributed by atoms with Gasteiger partial charge in [-0.3, -0.25) is 0 Å². The number of hydrogen-bond donors (Lipinski definition) is 0. The van der Waals surface area contributed by atoms with E-state index in [1.807, 2.05) is 6.26 Å². The minimum absolute atomic E-state index is 0.223. The summed E-state index contributed by atoms with van der Waals surface area (Å²) in [6.45, 7) is 0. The fourth-order valence-corrected chi connectivity index (χ4v) is 1.44. The van der Waals surface area contributed by atoms with Gasteiger partial charge in [-0.15, -0.1) is 0 Å². The second-order valence-electron chi connectivity index (χ2n) is 1.97. The van der Waals surface area contributed by atoms with Crippen LogP contribution in [0.2, 0.25) is 10.3 Å². The first-order chi connectivity index (χ1) is 5.65. The van der Waals surface area contributed by atoms with Crippen LogP contribution < -0.4 is 0 Å². The predicted molar refractivity (Wildman–Crippen MR) is 49.2 cm³/mol. The number of aromatic nitrogens is 2. The predicted octanol–water partition coefficient (Wildman–Crippen LogP) is 2.79. The van der Waals surface area contributed by atoms with Crippen molar-refractivity contribution in [2.45, 2.75) is 5.75 Å². The molecule has 0 amide bonds. The fourth-order valence-electron chi connectivity index (χ4n) is 0.629. The summed E-state index contributed by atoms with van der Waals surface area (Å²) in [5.74, 6) is 0.252. The van der Waals surface area contributed by atoms with Gasteiger partial charge in [0.2, 0.25) is 0 Å². The van der Waals surface area contributed by atoms with Crippen LogP contribution in [0.1, 0.15) is 5.82 Å². The molecule has 12 heavy (non-hydrogen) atoms. The van der Waals surface area contributed by atoms with Crippen LogP contribution in [0.5, 0.6) is 0 Å². The summed E-state index contributed by atoms with van der Waals surface area (Å²) in [6.07, 6.45) is 1.88. The Morgan fingerprint density at radius 2 is 1.83 bits per heavy atom. The zero-order valence-electron chi connectivity index (χ0n) is 6.14. The first-order valence-corrected chi connectivity index (χ1v) is 5.16. The third-order valence-corrected chi connectivity index (χ3v) is 2.14. The van der Waals surface area contributed by atoms with E-state index < -0.39 is 5.82 Å². The van der Waals surface area contributed by atoms with Gasteiger partial charge in [-0.05, 0) is 6.26 Å². The molecule has 2 nitrogen and oxygen atoms in total. The highest BCUT2D eigenvalue weighted by atomic mass is 35.5. The molecule has 0 saturated carbocycles. The maximum Gasteiger partial charge on any atom is 0.197 e. The fraction of sp³-hybridized carbons (Fsp3) is 0.333. The van der Waals surface area contributed by atoms with Crippen LogP contribution in [-0.4, -0.2) is 16.2 Å². The Morgan fingerprint density at radius 1 is 1.33 bits per heavy atom.